The number of ether oxygens (including phenoxy) is 5. The lowest BCUT2D eigenvalue weighted by Gasteiger charge is -2.17. The van der Waals surface area contributed by atoms with Gasteiger partial charge in [0.2, 0.25) is 0 Å². The molecule has 0 saturated heterocycles. The Bertz CT molecular complexity index is 1410. The number of hydrogen-bond acceptors (Lipinski definition) is 9. The SMILES string of the molecule is C=CC(=O)OCc1cc(C(=O)Oc2ccc(-c3ccc(OC)cc3)cc2)cc(COC(=O)C=C)c1COC(=O)C=C. The number of benzene rings is 3. The molecule has 3 aromatic carbocycles. The van der Waals surface area contributed by atoms with Crippen LogP contribution in [0.1, 0.15) is 27.0 Å². The summed E-state index contributed by atoms with van der Waals surface area (Å²) in [5, 5.41) is 0. The zero-order valence-corrected chi connectivity index (χ0v) is 22.4. The van der Waals surface area contributed by atoms with Crippen molar-refractivity contribution in [2.45, 2.75) is 19.8 Å². The number of carbonyl (C=O) groups excluding carboxylic acids is 4. The summed E-state index contributed by atoms with van der Waals surface area (Å²) in [6, 6.07) is 17.3. The van der Waals surface area contributed by atoms with Crippen molar-refractivity contribution in [1.82, 2.24) is 0 Å². The number of hydrogen-bond donors (Lipinski definition) is 0. The van der Waals surface area contributed by atoms with Crippen molar-refractivity contribution in [3.63, 3.8) is 0 Å². The van der Waals surface area contributed by atoms with Crippen LogP contribution in [0.2, 0.25) is 0 Å². The van der Waals surface area contributed by atoms with E-state index >= 15 is 0 Å². The quantitative estimate of drug-likeness (QED) is 0.120. The Morgan fingerprint density at radius 2 is 1.05 bits per heavy atom. The fourth-order valence-electron chi connectivity index (χ4n) is 3.64. The fraction of sp³-hybridized carbons (Fsp3) is 0.125. The maximum absolute atomic E-state index is 13.2. The monoisotopic (exact) mass is 556 g/mol. The minimum absolute atomic E-state index is 0.0809. The lowest BCUT2D eigenvalue weighted by Crippen LogP contribution is -2.15. The molecule has 0 spiro atoms. The van der Waals surface area contributed by atoms with Crippen LogP contribution in [0.15, 0.2) is 98.6 Å². The summed E-state index contributed by atoms with van der Waals surface area (Å²) in [4.78, 5) is 48.4. The van der Waals surface area contributed by atoms with Crippen LogP contribution in [0.5, 0.6) is 11.5 Å². The minimum atomic E-state index is -0.718. The molecule has 0 aromatic heterocycles. The van der Waals surface area contributed by atoms with E-state index in [0.717, 1.165) is 35.1 Å². The Balaban J connectivity index is 1.91. The van der Waals surface area contributed by atoms with Crippen molar-refractivity contribution in [3.05, 3.63) is 121 Å². The van der Waals surface area contributed by atoms with E-state index in [1.54, 1.807) is 19.2 Å². The van der Waals surface area contributed by atoms with Crippen LogP contribution in [0, 0.1) is 0 Å². The highest BCUT2D eigenvalue weighted by atomic mass is 16.5. The molecule has 9 heteroatoms. The second-order valence-corrected chi connectivity index (χ2v) is 8.35. The Labute approximate surface area is 237 Å². The van der Waals surface area contributed by atoms with Crippen molar-refractivity contribution in [2.75, 3.05) is 7.11 Å². The van der Waals surface area contributed by atoms with Crippen LogP contribution < -0.4 is 9.47 Å². The largest absolute Gasteiger partial charge is 0.497 e. The summed E-state index contributed by atoms with van der Waals surface area (Å²) in [7, 11) is 1.59. The van der Waals surface area contributed by atoms with Crippen molar-refractivity contribution in [2.24, 2.45) is 0 Å². The van der Waals surface area contributed by atoms with Gasteiger partial charge in [-0.3, -0.25) is 0 Å². The predicted molar refractivity (Wildman–Crippen MR) is 150 cm³/mol. The van der Waals surface area contributed by atoms with Crippen LogP contribution >= 0.6 is 0 Å². The first-order chi connectivity index (χ1) is 19.8. The molecule has 0 aliphatic heterocycles. The van der Waals surface area contributed by atoms with Gasteiger partial charge >= 0.3 is 23.9 Å². The third kappa shape index (κ3) is 8.52. The summed E-state index contributed by atoms with van der Waals surface area (Å²) < 4.78 is 26.3. The molecule has 41 heavy (non-hydrogen) atoms. The molecule has 0 fully saturated rings. The molecule has 0 atom stereocenters. The molecule has 0 N–H and O–H groups in total. The van der Waals surface area contributed by atoms with E-state index in [0.29, 0.717) is 16.7 Å². The topological polar surface area (TPSA) is 114 Å². The molecule has 210 valence electrons. The summed E-state index contributed by atoms with van der Waals surface area (Å²) in [6.07, 6.45) is 2.95. The van der Waals surface area contributed by atoms with E-state index in [1.165, 1.54) is 12.1 Å². The minimum Gasteiger partial charge on any atom is -0.497 e. The molecular weight excluding hydrogens is 528 g/mol. The fourth-order valence-corrected chi connectivity index (χ4v) is 3.64. The van der Waals surface area contributed by atoms with Crippen LogP contribution in [-0.2, 0) is 48.4 Å². The zero-order chi connectivity index (χ0) is 29.8. The molecule has 9 nitrogen and oxygen atoms in total. The van der Waals surface area contributed by atoms with Gasteiger partial charge in [-0.2, -0.15) is 0 Å². The van der Waals surface area contributed by atoms with Gasteiger partial charge in [-0.05, 0) is 58.7 Å². The molecule has 0 aliphatic carbocycles. The molecule has 0 radical (unpaired) electrons. The van der Waals surface area contributed by atoms with Gasteiger partial charge in [0.1, 0.15) is 31.3 Å². The summed E-state index contributed by atoms with van der Waals surface area (Å²) in [5.41, 5.74) is 2.96. The molecule has 0 heterocycles. The van der Waals surface area contributed by atoms with Crippen molar-refractivity contribution in [3.8, 4) is 22.6 Å². The van der Waals surface area contributed by atoms with Crippen LogP contribution in [0.4, 0.5) is 0 Å². The summed E-state index contributed by atoms with van der Waals surface area (Å²) >= 11 is 0. The van der Waals surface area contributed by atoms with Gasteiger partial charge in [0.25, 0.3) is 0 Å². The van der Waals surface area contributed by atoms with E-state index in [-0.39, 0.29) is 31.1 Å². The van der Waals surface area contributed by atoms with Crippen LogP contribution in [0.25, 0.3) is 11.1 Å². The van der Waals surface area contributed by atoms with Gasteiger partial charge in [0.05, 0.1) is 12.7 Å². The Hall–Kier alpha value is -5.44. The second kappa shape index (κ2) is 14.6. The van der Waals surface area contributed by atoms with Gasteiger partial charge in [-0.1, -0.05) is 44.0 Å². The molecular formula is C32H28O9. The van der Waals surface area contributed by atoms with E-state index < -0.39 is 23.9 Å². The smallest absolute Gasteiger partial charge is 0.343 e. The molecule has 3 aromatic rings. The summed E-state index contributed by atoms with van der Waals surface area (Å²) in [6.45, 7) is 9.26. The zero-order valence-electron chi connectivity index (χ0n) is 22.4. The molecule has 0 saturated carbocycles. The van der Waals surface area contributed by atoms with Gasteiger partial charge in [-0.25, -0.2) is 19.2 Å². The third-order valence-corrected chi connectivity index (χ3v) is 5.76. The van der Waals surface area contributed by atoms with Gasteiger partial charge in [0.15, 0.2) is 0 Å². The number of carbonyl (C=O) groups is 4. The first kappa shape index (κ1) is 30.1. The molecule has 0 unspecified atom stereocenters. The van der Waals surface area contributed by atoms with E-state index in [4.69, 9.17) is 23.7 Å². The first-order valence-corrected chi connectivity index (χ1v) is 12.3. The highest BCUT2D eigenvalue weighted by Crippen LogP contribution is 2.26. The highest BCUT2D eigenvalue weighted by Gasteiger charge is 2.19. The Morgan fingerprint density at radius 1 is 0.634 bits per heavy atom. The standard InChI is InChI=1S/C32H28O9/c1-5-29(33)38-18-24-16-23(17-25(19-39-30(34)6-2)28(24)20-40-31(35)7-3)32(36)41-27-14-10-22(11-15-27)21-8-12-26(37-4)13-9-21/h5-17H,1-3,18-20H2,4H3. The molecule has 0 amide bonds. The van der Waals surface area contributed by atoms with Gasteiger partial charge < -0.3 is 23.7 Å². The average molecular weight is 557 g/mol. The number of methoxy groups -OCH3 is 1. The van der Waals surface area contributed by atoms with Gasteiger partial charge in [-0.15, -0.1) is 0 Å². The first-order valence-electron chi connectivity index (χ1n) is 12.3. The Morgan fingerprint density at radius 3 is 1.46 bits per heavy atom. The normalized spacial score (nSPS) is 10.1. The maximum Gasteiger partial charge on any atom is 0.343 e. The Kier molecular flexibility index (Phi) is 10.8. The lowest BCUT2D eigenvalue weighted by molar-refractivity contribution is -0.141. The van der Waals surface area contributed by atoms with Crippen molar-refractivity contribution < 1.29 is 42.9 Å². The van der Waals surface area contributed by atoms with Crippen LogP contribution in [-0.4, -0.2) is 31.0 Å². The summed E-state index contributed by atoms with van der Waals surface area (Å²) in [5.74, 6) is -1.80. The average Bonchev–Trinajstić information content (AvgIpc) is 3.01. The molecule has 3 rings (SSSR count). The van der Waals surface area contributed by atoms with E-state index in [9.17, 15) is 19.2 Å². The highest BCUT2D eigenvalue weighted by molar-refractivity contribution is 5.92. The van der Waals surface area contributed by atoms with E-state index in [1.807, 2.05) is 36.4 Å². The van der Waals surface area contributed by atoms with Crippen molar-refractivity contribution in [1.29, 1.82) is 0 Å². The third-order valence-electron chi connectivity index (χ3n) is 5.76. The maximum atomic E-state index is 13.2. The molecule has 0 bridgehead atoms. The predicted octanol–water partition coefficient (Wildman–Crippen LogP) is 5.27. The van der Waals surface area contributed by atoms with E-state index in [2.05, 4.69) is 19.7 Å². The van der Waals surface area contributed by atoms with Gasteiger partial charge in [0, 0.05) is 23.8 Å². The van der Waals surface area contributed by atoms with Crippen molar-refractivity contribution >= 4 is 23.9 Å². The number of esters is 4. The second-order valence-electron chi connectivity index (χ2n) is 8.35. The van der Waals surface area contributed by atoms with Crippen LogP contribution in [0.3, 0.4) is 0 Å². The number of rotatable bonds is 13. The lowest BCUT2D eigenvalue weighted by atomic mass is 9.98. The molecule has 0 aliphatic rings.